The van der Waals surface area contributed by atoms with Gasteiger partial charge in [0.1, 0.15) is 13.2 Å². The molecular formula is C26H42N4O18. The van der Waals surface area contributed by atoms with E-state index >= 15 is 0 Å². The Balaban J connectivity index is 4.52. The van der Waals surface area contributed by atoms with Crippen LogP contribution in [0.3, 0.4) is 0 Å². The van der Waals surface area contributed by atoms with E-state index in [1.54, 1.807) is 0 Å². The molecule has 0 aliphatic carbocycles. The van der Waals surface area contributed by atoms with Crippen LogP contribution in [-0.4, -0.2) is 216 Å². The summed E-state index contributed by atoms with van der Waals surface area (Å²) in [5, 5.41) is 53.6. The second kappa shape index (κ2) is 25.6. The third-order valence-corrected chi connectivity index (χ3v) is 5.68. The molecular weight excluding hydrogens is 656 g/mol. The van der Waals surface area contributed by atoms with Gasteiger partial charge < -0.3 is 49.6 Å². The Morgan fingerprint density at radius 3 is 0.750 bits per heavy atom. The zero-order chi connectivity index (χ0) is 36.5. The molecule has 6 N–H and O–H groups in total. The Hall–Kier alpha value is -4.48. The number of carbonyl (C=O) groups excluding carboxylic acids is 2. The summed E-state index contributed by atoms with van der Waals surface area (Å²) >= 11 is 0. The van der Waals surface area contributed by atoms with E-state index < -0.39 is 113 Å². The number of aliphatic carboxylic acids is 6. The lowest BCUT2D eigenvalue weighted by atomic mass is 10.4. The second-order valence-corrected chi connectivity index (χ2v) is 9.87. The van der Waals surface area contributed by atoms with Gasteiger partial charge in [-0.05, 0) is 0 Å². The van der Waals surface area contributed by atoms with Crippen LogP contribution in [0.15, 0.2) is 0 Å². The van der Waals surface area contributed by atoms with Crippen LogP contribution >= 0.6 is 0 Å². The van der Waals surface area contributed by atoms with Gasteiger partial charge in [-0.25, -0.2) is 0 Å². The van der Waals surface area contributed by atoms with Crippen LogP contribution in [0, 0.1) is 0 Å². The normalized spacial score (nSPS) is 11.2. The minimum atomic E-state index is -1.25. The first-order valence-electron chi connectivity index (χ1n) is 14.2. The molecule has 0 aromatic rings. The number of rotatable bonds is 31. The molecule has 0 fully saturated rings. The molecule has 0 aliphatic heterocycles. The van der Waals surface area contributed by atoms with E-state index in [4.69, 9.17) is 49.6 Å². The maximum absolute atomic E-state index is 12.2. The van der Waals surface area contributed by atoms with Crippen molar-refractivity contribution in [1.29, 1.82) is 0 Å². The lowest BCUT2D eigenvalue weighted by Gasteiger charge is -2.21. The first-order chi connectivity index (χ1) is 22.6. The molecule has 0 aliphatic rings. The van der Waals surface area contributed by atoms with Crippen LogP contribution in [0.4, 0.5) is 0 Å². The molecule has 0 rings (SSSR count). The molecule has 0 unspecified atom stereocenters. The van der Waals surface area contributed by atoms with E-state index in [-0.39, 0.29) is 52.6 Å². The number of nitrogens with zero attached hydrogens (tertiary/aromatic N) is 4. The lowest BCUT2D eigenvalue weighted by molar-refractivity contribution is -0.155. The number of esters is 2. The molecule has 0 amide bonds. The fraction of sp³-hybridized carbons (Fsp3) is 0.692. The van der Waals surface area contributed by atoms with Gasteiger partial charge in [0, 0.05) is 26.2 Å². The van der Waals surface area contributed by atoms with Crippen molar-refractivity contribution in [2.45, 2.75) is 0 Å². The molecule has 0 radical (unpaired) electrons. The van der Waals surface area contributed by atoms with Crippen molar-refractivity contribution in [3.05, 3.63) is 0 Å². The topological polar surface area (TPSA) is 308 Å². The summed E-state index contributed by atoms with van der Waals surface area (Å²) in [5.41, 5.74) is 0. The van der Waals surface area contributed by atoms with Crippen molar-refractivity contribution in [2.24, 2.45) is 0 Å². The van der Waals surface area contributed by atoms with E-state index in [2.05, 4.69) is 0 Å². The predicted molar refractivity (Wildman–Crippen MR) is 155 cm³/mol. The van der Waals surface area contributed by atoms with Gasteiger partial charge in [-0.3, -0.25) is 58.0 Å². The standard InChI is InChI=1S/C26H42N4O18/c31-19(32)11-27(12-20(33)34)1-5-45-7-3-29(15-23(39)40)17-25(43)47-9-10-48-26(44)18-30(16-24(41)42)4-8-46-6-2-28(13-21(35)36)14-22(37)38/h1-18H2,(H,31,32)(H,33,34)(H,35,36)(H,37,38)(H,39,40)(H,41,42). The fourth-order valence-electron chi connectivity index (χ4n) is 3.75. The van der Waals surface area contributed by atoms with Crippen molar-refractivity contribution < 1.29 is 87.9 Å². The largest absolute Gasteiger partial charge is 0.480 e. The highest BCUT2D eigenvalue weighted by Gasteiger charge is 2.18. The lowest BCUT2D eigenvalue weighted by Crippen LogP contribution is -2.39. The van der Waals surface area contributed by atoms with Gasteiger partial charge in [-0.15, -0.1) is 0 Å². The molecule has 0 saturated heterocycles. The van der Waals surface area contributed by atoms with E-state index in [1.807, 2.05) is 0 Å². The van der Waals surface area contributed by atoms with Gasteiger partial charge in [0.2, 0.25) is 0 Å². The molecule has 0 spiro atoms. The minimum Gasteiger partial charge on any atom is -0.480 e. The van der Waals surface area contributed by atoms with Crippen molar-refractivity contribution in [3.8, 4) is 0 Å². The van der Waals surface area contributed by atoms with Crippen LogP contribution in [0.25, 0.3) is 0 Å². The molecule has 274 valence electrons. The maximum atomic E-state index is 12.2. The molecule has 0 aromatic carbocycles. The summed E-state index contributed by atoms with van der Waals surface area (Å²) in [6.45, 7) is -5.29. The van der Waals surface area contributed by atoms with Crippen LogP contribution in [-0.2, 0) is 57.3 Å². The summed E-state index contributed by atoms with van der Waals surface area (Å²) in [5.74, 6) is -9.10. The third-order valence-electron chi connectivity index (χ3n) is 5.68. The average Bonchev–Trinajstić information content (AvgIpc) is 2.92. The summed E-state index contributed by atoms with van der Waals surface area (Å²) in [6, 6.07) is 0. The van der Waals surface area contributed by atoms with Gasteiger partial charge >= 0.3 is 47.8 Å². The fourth-order valence-corrected chi connectivity index (χ4v) is 3.75. The Morgan fingerprint density at radius 2 is 0.542 bits per heavy atom. The van der Waals surface area contributed by atoms with E-state index in [1.165, 1.54) is 9.80 Å². The molecule has 0 atom stereocenters. The Kier molecular flexibility index (Phi) is 23.2. The molecule has 0 heterocycles. The van der Waals surface area contributed by atoms with Crippen LogP contribution in [0.1, 0.15) is 0 Å². The number of carbonyl (C=O) groups is 8. The zero-order valence-corrected chi connectivity index (χ0v) is 26.1. The number of ether oxygens (including phenoxy) is 4. The smallest absolute Gasteiger partial charge is 0.320 e. The average molecular weight is 699 g/mol. The van der Waals surface area contributed by atoms with E-state index in [9.17, 15) is 38.4 Å². The number of hydrogen-bond donors (Lipinski definition) is 6. The zero-order valence-electron chi connectivity index (χ0n) is 26.1. The SMILES string of the molecule is O=C(O)CN(CCOCCN(CC(=O)O)CC(=O)OCCOC(=O)CN(CCOCCN(CC(=O)O)CC(=O)O)CC(=O)O)CC(=O)O. The van der Waals surface area contributed by atoms with Gasteiger partial charge in [-0.1, -0.05) is 0 Å². The Labute approximate surface area is 273 Å². The third kappa shape index (κ3) is 26.7. The molecule has 22 heteroatoms. The first-order valence-corrected chi connectivity index (χ1v) is 14.2. The number of hydrogen-bond acceptors (Lipinski definition) is 16. The molecule has 22 nitrogen and oxygen atoms in total. The highest BCUT2D eigenvalue weighted by Crippen LogP contribution is 1.97. The van der Waals surface area contributed by atoms with Crippen LogP contribution < -0.4 is 0 Å². The monoisotopic (exact) mass is 698 g/mol. The molecule has 0 saturated carbocycles. The summed E-state index contributed by atoms with van der Waals surface area (Å²) in [6.07, 6.45) is 0. The summed E-state index contributed by atoms with van der Waals surface area (Å²) in [4.78, 5) is 94.6. The number of carboxylic acids is 6. The quantitative estimate of drug-likeness (QED) is 0.0295. The highest BCUT2D eigenvalue weighted by molar-refractivity contribution is 5.75. The first kappa shape index (κ1) is 43.5. The van der Waals surface area contributed by atoms with Crippen LogP contribution in [0.2, 0.25) is 0 Å². The Morgan fingerprint density at radius 1 is 0.333 bits per heavy atom. The van der Waals surface area contributed by atoms with Crippen molar-refractivity contribution in [2.75, 3.05) is 118 Å². The van der Waals surface area contributed by atoms with E-state index in [0.717, 1.165) is 9.80 Å². The molecule has 0 aromatic heterocycles. The van der Waals surface area contributed by atoms with Crippen molar-refractivity contribution in [3.63, 3.8) is 0 Å². The van der Waals surface area contributed by atoms with E-state index in [0.29, 0.717) is 0 Å². The summed E-state index contributed by atoms with van der Waals surface area (Å²) in [7, 11) is 0. The maximum Gasteiger partial charge on any atom is 0.320 e. The predicted octanol–water partition coefficient (Wildman–Crippen LogP) is -4.18. The highest BCUT2D eigenvalue weighted by atomic mass is 16.6. The van der Waals surface area contributed by atoms with Crippen molar-refractivity contribution in [1.82, 2.24) is 19.6 Å². The van der Waals surface area contributed by atoms with Crippen LogP contribution in [0.5, 0.6) is 0 Å². The molecule has 0 bridgehead atoms. The van der Waals surface area contributed by atoms with Gasteiger partial charge in [-0.2, -0.15) is 0 Å². The minimum absolute atomic E-state index is 0.0225. The summed E-state index contributed by atoms with van der Waals surface area (Å²) < 4.78 is 20.5. The molecule has 48 heavy (non-hydrogen) atoms. The van der Waals surface area contributed by atoms with Crippen molar-refractivity contribution >= 4 is 47.8 Å². The number of carboxylic acid groups (broad SMARTS) is 6. The van der Waals surface area contributed by atoms with Gasteiger partial charge in [0.15, 0.2) is 0 Å². The van der Waals surface area contributed by atoms with Gasteiger partial charge in [0.25, 0.3) is 0 Å². The second-order valence-electron chi connectivity index (χ2n) is 9.87. The Bertz CT molecular complexity index is 959. The van der Waals surface area contributed by atoms with Gasteiger partial charge in [0.05, 0.1) is 78.8 Å².